The predicted octanol–water partition coefficient (Wildman–Crippen LogP) is 1.34. The first-order valence-electron chi connectivity index (χ1n) is 12.2. The van der Waals surface area contributed by atoms with Crippen LogP contribution in [0.25, 0.3) is 0 Å². The van der Waals surface area contributed by atoms with E-state index in [1.165, 1.54) is 26.0 Å². The third kappa shape index (κ3) is 6.71. The summed E-state index contributed by atoms with van der Waals surface area (Å²) < 4.78 is 53.0. The molecule has 1 aromatic heterocycles. The number of esters is 1. The number of H-pyrrole nitrogens is 1. The van der Waals surface area contributed by atoms with Gasteiger partial charge in [-0.05, 0) is 32.9 Å². The van der Waals surface area contributed by atoms with E-state index in [0.717, 1.165) is 10.8 Å². The van der Waals surface area contributed by atoms with Gasteiger partial charge in [0.2, 0.25) is 0 Å². The van der Waals surface area contributed by atoms with E-state index in [-0.39, 0.29) is 11.3 Å². The zero-order valence-corrected chi connectivity index (χ0v) is 21.1. The number of nitrogens with zero attached hydrogens (tertiary/aromatic N) is 1. The van der Waals surface area contributed by atoms with Crippen LogP contribution in [0, 0.1) is 12.8 Å². The van der Waals surface area contributed by atoms with Gasteiger partial charge < -0.3 is 24.2 Å². The van der Waals surface area contributed by atoms with Crippen LogP contribution in [0.3, 0.4) is 0 Å². The Morgan fingerprint density at radius 2 is 1.89 bits per heavy atom. The first-order valence-corrected chi connectivity index (χ1v) is 12.9. The Bertz CT molecular complexity index is 1300. The molecule has 3 rings (SSSR count). The van der Waals surface area contributed by atoms with Crippen LogP contribution < -0.4 is 15.8 Å². The molecule has 2 unspecified atom stereocenters. The number of carbonyl (C=O) groups is 1. The fraction of sp³-hybridized carbons (Fsp3) is 0.522. The van der Waals surface area contributed by atoms with E-state index in [1.54, 1.807) is 32.0 Å². The maximum Gasteiger partial charge on any atom is 0.380 e. The highest BCUT2D eigenvalue weighted by Gasteiger charge is 2.46. The smallest absolute Gasteiger partial charge is 0.380 e. The number of ether oxygens (including phenoxy) is 2. The Morgan fingerprint density at radius 3 is 2.53 bits per heavy atom. The molecule has 0 amide bonds. The first kappa shape index (κ1) is 24.9. The van der Waals surface area contributed by atoms with Crippen molar-refractivity contribution < 1.29 is 40.8 Å². The minimum absolute atomic E-state index is 0.0668. The van der Waals surface area contributed by atoms with E-state index >= 15 is 0 Å². The Balaban J connectivity index is 1.90. The molecule has 0 bridgehead atoms. The number of hydrogen-bond acceptors (Lipinski definition) is 10. The van der Waals surface area contributed by atoms with Gasteiger partial charge in [-0.2, -0.15) is 0 Å². The summed E-state index contributed by atoms with van der Waals surface area (Å²) in [5.74, 6) is -1.67. The molecular weight excluding hydrogens is 495 g/mol. The van der Waals surface area contributed by atoms with Gasteiger partial charge >= 0.3 is 19.3 Å². The second kappa shape index (κ2) is 11.5. The van der Waals surface area contributed by atoms with Crippen LogP contribution in [0.2, 0.25) is 0 Å². The molecule has 6 atom stereocenters. The third-order valence-electron chi connectivity index (χ3n) is 5.21. The molecule has 0 spiro atoms. The number of benzene rings is 1. The molecule has 0 aliphatic carbocycles. The summed E-state index contributed by atoms with van der Waals surface area (Å²) in [5, 5.41) is 21.2. The zero-order chi connectivity index (χ0) is 28.4. The Labute approximate surface area is 210 Å². The van der Waals surface area contributed by atoms with Gasteiger partial charge in [-0.3, -0.25) is 23.7 Å². The molecule has 0 radical (unpaired) electrons. The van der Waals surface area contributed by atoms with Crippen LogP contribution in [0.4, 0.5) is 0 Å². The molecule has 1 aromatic carbocycles. The summed E-state index contributed by atoms with van der Waals surface area (Å²) in [7, 11) is -4.50. The lowest BCUT2D eigenvalue weighted by atomic mass is 10.1. The van der Waals surface area contributed by atoms with Gasteiger partial charge in [0.05, 0.1) is 27.5 Å². The van der Waals surface area contributed by atoms with Crippen LogP contribution in [-0.2, 0) is 23.4 Å². The number of aliphatic hydroxyl groups is 2. The van der Waals surface area contributed by atoms with Crippen LogP contribution in [0.5, 0.6) is 5.75 Å². The maximum atomic E-state index is 13.8. The van der Waals surface area contributed by atoms with E-state index in [1.807, 2.05) is 4.98 Å². The predicted molar refractivity (Wildman–Crippen MR) is 128 cm³/mol. The van der Waals surface area contributed by atoms with Crippen molar-refractivity contribution in [2.24, 2.45) is 5.92 Å². The average Bonchev–Trinajstić information content (AvgIpc) is 3.11. The number of carbonyl (C=O) groups excluding carboxylic acids is 1. The number of rotatable bonds is 10. The van der Waals surface area contributed by atoms with Gasteiger partial charge in [-0.25, -0.2) is 9.36 Å². The van der Waals surface area contributed by atoms with Crippen molar-refractivity contribution >= 4 is 13.6 Å². The molecule has 12 nitrogen and oxygen atoms in total. The number of hydrogen-bond donors (Lipinski definition) is 3. The lowest BCUT2D eigenvalue weighted by molar-refractivity contribution is -0.151. The Hall–Kier alpha value is -2.76. The fourth-order valence-electron chi connectivity index (χ4n) is 3.39. The van der Waals surface area contributed by atoms with Crippen LogP contribution in [0.15, 0.2) is 46.1 Å². The van der Waals surface area contributed by atoms with Crippen molar-refractivity contribution in [3.05, 3.63) is 62.9 Å². The van der Waals surface area contributed by atoms with Gasteiger partial charge in [-0.1, -0.05) is 25.1 Å². The summed E-state index contributed by atoms with van der Waals surface area (Å²) in [6.07, 6.45) is -7.27. The Kier molecular flexibility index (Phi) is 7.98. The maximum absolute atomic E-state index is 13.8. The quantitative estimate of drug-likeness (QED) is 0.302. The lowest BCUT2D eigenvalue weighted by Gasteiger charge is -2.24. The van der Waals surface area contributed by atoms with Crippen molar-refractivity contribution in [1.82, 2.24) is 9.55 Å². The van der Waals surface area contributed by atoms with E-state index in [9.17, 15) is 29.2 Å². The van der Waals surface area contributed by atoms with Crippen LogP contribution in [-0.4, -0.2) is 62.9 Å². The van der Waals surface area contributed by atoms with Crippen LogP contribution in [0.1, 0.15) is 35.3 Å². The molecule has 1 fully saturated rings. The fourth-order valence-corrected chi connectivity index (χ4v) is 5.10. The molecule has 1 saturated heterocycles. The molecule has 2 heterocycles. The monoisotopic (exact) mass is 528 g/mol. The molecule has 2 aromatic rings. The Morgan fingerprint density at radius 1 is 1.22 bits per heavy atom. The molecule has 1 aliphatic heterocycles. The lowest BCUT2D eigenvalue weighted by Crippen LogP contribution is -2.38. The summed E-state index contributed by atoms with van der Waals surface area (Å²) in [5.41, 5.74) is -1.53. The van der Waals surface area contributed by atoms with Crippen molar-refractivity contribution in [1.29, 1.82) is 0 Å². The molecule has 0 saturated carbocycles. The van der Waals surface area contributed by atoms with Crippen LogP contribution >= 0.6 is 7.60 Å². The highest BCUT2D eigenvalue weighted by molar-refractivity contribution is 7.54. The highest BCUT2D eigenvalue weighted by Crippen LogP contribution is 2.50. The number of nitrogens with one attached hydrogen (secondary N) is 1. The van der Waals surface area contributed by atoms with E-state index in [4.69, 9.17) is 21.3 Å². The molecule has 36 heavy (non-hydrogen) atoms. The molecular formula is C23H31N2O10P. The number of para-hydroxylation sites is 1. The van der Waals surface area contributed by atoms with Gasteiger partial charge in [-0.15, -0.1) is 0 Å². The largest absolute Gasteiger partial charge is 0.463 e. The third-order valence-corrected chi connectivity index (χ3v) is 7.07. The summed E-state index contributed by atoms with van der Waals surface area (Å²) >= 11 is 0. The molecule has 1 aliphatic rings. The van der Waals surface area contributed by atoms with Crippen molar-refractivity contribution in [2.75, 3.05) is 12.7 Å². The number of aliphatic hydroxyl groups excluding tert-OH is 2. The molecule has 3 N–H and O–H groups in total. The topological polar surface area (TPSA) is 166 Å². The van der Waals surface area contributed by atoms with Gasteiger partial charge in [0.1, 0.15) is 24.1 Å². The van der Waals surface area contributed by atoms with Crippen molar-refractivity contribution in [2.45, 2.75) is 58.3 Å². The standard InChI is InChI=1S/C23H31N2O10P/c1-13(2)33-22(29)15(4)12-36(31,35-16-8-6-5-7-9-16)32-11-17-18(26)19(27)21(34-17)25-10-14(3)20(28)24-23(25)30/h5-10,13,15,17-19,21,26-27H,11-12H2,1-4H3,(H,24,28,30)/t15-,17+,18?,19-,21+,36?/m1/s1/i11D2. The van der Waals surface area contributed by atoms with Gasteiger partial charge in [0.15, 0.2) is 6.23 Å². The number of aromatic amines is 1. The van der Waals surface area contributed by atoms with E-state index in [0.29, 0.717) is 0 Å². The first-order chi connectivity index (χ1) is 17.6. The van der Waals surface area contributed by atoms with E-state index < -0.39 is 74.1 Å². The summed E-state index contributed by atoms with van der Waals surface area (Å²) in [4.78, 5) is 38.4. The minimum atomic E-state index is -4.50. The zero-order valence-electron chi connectivity index (χ0n) is 22.2. The van der Waals surface area contributed by atoms with Gasteiger partial charge in [0, 0.05) is 11.8 Å². The van der Waals surface area contributed by atoms with Crippen molar-refractivity contribution in [3.63, 3.8) is 0 Å². The number of aromatic nitrogens is 2. The molecule has 13 heteroatoms. The van der Waals surface area contributed by atoms with E-state index in [2.05, 4.69) is 0 Å². The number of aryl methyl sites for hydroxylation is 1. The normalized spacial score (nSPS) is 25.5. The molecule has 198 valence electrons. The highest BCUT2D eigenvalue weighted by atomic mass is 31.2. The minimum Gasteiger partial charge on any atom is -0.463 e. The average molecular weight is 528 g/mol. The summed E-state index contributed by atoms with van der Waals surface area (Å²) in [6.45, 7) is 3.03. The van der Waals surface area contributed by atoms with Gasteiger partial charge in [0.25, 0.3) is 5.56 Å². The SMILES string of the molecule is [2H]C([2H])(OP(=O)(C[C@@H](C)C(=O)OC(C)C)Oc1ccccc1)[C@@H]1O[C@H](n2cc(C)c(=O)[nH]c2=O)[C@H](O)C1O. The summed E-state index contributed by atoms with van der Waals surface area (Å²) in [6, 6.07) is 7.74. The second-order valence-corrected chi connectivity index (χ2v) is 10.7. The van der Waals surface area contributed by atoms with Crippen molar-refractivity contribution in [3.8, 4) is 5.75 Å². The second-order valence-electron chi connectivity index (χ2n) is 8.70.